The lowest BCUT2D eigenvalue weighted by Gasteiger charge is -2.16. The summed E-state index contributed by atoms with van der Waals surface area (Å²) in [6.45, 7) is 9.21. The van der Waals surface area contributed by atoms with Crippen LogP contribution in [0.15, 0.2) is 48.5 Å². The van der Waals surface area contributed by atoms with Gasteiger partial charge in [0.05, 0.1) is 11.0 Å². The van der Waals surface area contributed by atoms with Crippen LogP contribution in [0.5, 0.6) is 0 Å². The second-order valence-corrected chi connectivity index (χ2v) is 7.98. The molecular formula is C24H24N2. The van der Waals surface area contributed by atoms with Crippen LogP contribution in [0.25, 0.3) is 43.6 Å². The van der Waals surface area contributed by atoms with Crippen molar-refractivity contribution in [1.29, 1.82) is 0 Å². The van der Waals surface area contributed by atoms with E-state index in [2.05, 4.69) is 86.2 Å². The van der Waals surface area contributed by atoms with E-state index in [9.17, 15) is 0 Å². The van der Waals surface area contributed by atoms with Crippen molar-refractivity contribution in [2.24, 2.45) is 0 Å². The van der Waals surface area contributed by atoms with Crippen molar-refractivity contribution in [3.05, 3.63) is 59.7 Å². The van der Waals surface area contributed by atoms with Gasteiger partial charge in [-0.15, -0.1) is 0 Å². The van der Waals surface area contributed by atoms with Crippen LogP contribution in [0.4, 0.5) is 0 Å². The Kier molecular flexibility index (Phi) is 3.21. The number of hydrogen-bond donors (Lipinski definition) is 2. The SMILES string of the molecule is CC(C)c1c2[nH]c3ccccc3c2c(C(C)C)c2[nH]c3ccccc3c12. The Morgan fingerprint density at radius 2 is 0.962 bits per heavy atom. The second kappa shape index (κ2) is 5.38. The molecule has 2 N–H and O–H groups in total. The summed E-state index contributed by atoms with van der Waals surface area (Å²) in [5.41, 5.74) is 7.91. The van der Waals surface area contributed by atoms with Gasteiger partial charge >= 0.3 is 0 Å². The van der Waals surface area contributed by atoms with Crippen LogP contribution in [-0.2, 0) is 0 Å². The lowest BCUT2D eigenvalue weighted by molar-refractivity contribution is 0.871. The molecule has 0 atom stereocenters. The summed E-state index contributed by atoms with van der Waals surface area (Å²) in [5, 5.41) is 5.43. The van der Waals surface area contributed by atoms with Gasteiger partial charge in [-0.3, -0.25) is 0 Å². The molecule has 2 aromatic heterocycles. The van der Waals surface area contributed by atoms with E-state index in [1.165, 1.54) is 54.7 Å². The van der Waals surface area contributed by atoms with Crippen LogP contribution >= 0.6 is 0 Å². The standard InChI is InChI=1S/C24H24N2/c1-13(2)19-21-15-9-5-7-11-17(15)26-24(21)20(14(3)4)22-16-10-6-8-12-18(16)25-23(19)22/h5-14,25-26H,1-4H3. The van der Waals surface area contributed by atoms with E-state index in [1.807, 2.05) is 0 Å². The molecule has 0 saturated carbocycles. The number of benzene rings is 3. The number of nitrogens with one attached hydrogen (secondary N) is 2. The molecule has 2 nitrogen and oxygen atoms in total. The zero-order valence-electron chi connectivity index (χ0n) is 15.8. The maximum Gasteiger partial charge on any atom is 0.0510 e. The van der Waals surface area contributed by atoms with E-state index in [-0.39, 0.29) is 0 Å². The molecule has 130 valence electrons. The predicted octanol–water partition coefficient (Wildman–Crippen LogP) is 7.20. The maximum atomic E-state index is 3.76. The largest absolute Gasteiger partial charge is 0.354 e. The highest BCUT2D eigenvalue weighted by atomic mass is 14.7. The third-order valence-corrected chi connectivity index (χ3v) is 5.64. The molecule has 0 fully saturated rings. The molecule has 0 spiro atoms. The smallest absolute Gasteiger partial charge is 0.0510 e. The minimum atomic E-state index is 0.438. The van der Waals surface area contributed by atoms with Gasteiger partial charge in [0, 0.05) is 32.6 Å². The van der Waals surface area contributed by atoms with Gasteiger partial charge in [0.25, 0.3) is 0 Å². The Morgan fingerprint density at radius 3 is 1.35 bits per heavy atom. The predicted molar refractivity (Wildman–Crippen MR) is 113 cm³/mol. The van der Waals surface area contributed by atoms with Gasteiger partial charge in [0.15, 0.2) is 0 Å². The minimum Gasteiger partial charge on any atom is -0.354 e. The molecule has 0 amide bonds. The normalized spacial score (nSPS) is 12.5. The van der Waals surface area contributed by atoms with Crippen LogP contribution in [0.2, 0.25) is 0 Å². The van der Waals surface area contributed by atoms with E-state index in [0.29, 0.717) is 11.8 Å². The van der Waals surface area contributed by atoms with Gasteiger partial charge < -0.3 is 9.97 Å². The van der Waals surface area contributed by atoms with Gasteiger partial charge in [0.1, 0.15) is 0 Å². The lowest BCUT2D eigenvalue weighted by atomic mass is 9.87. The van der Waals surface area contributed by atoms with Gasteiger partial charge in [-0.25, -0.2) is 0 Å². The average molecular weight is 340 g/mol. The minimum absolute atomic E-state index is 0.438. The Balaban J connectivity index is 2.17. The Hall–Kier alpha value is -2.74. The van der Waals surface area contributed by atoms with Crippen LogP contribution in [0.3, 0.4) is 0 Å². The van der Waals surface area contributed by atoms with E-state index in [4.69, 9.17) is 0 Å². The van der Waals surface area contributed by atoms with Crippen LogP contribution in [0.1, 0.15) is 50.7 Å². The summed E-state index contributed by atoms with van der Waals surface area (Å²) >= 11 is 0. The van der Waals surface area contributed by atoms with Crippen molar-refractivity contribution in [2.45, 2.75) is 39.5 Å². The van der Waals surface area contributed by atoms with Crippen molar-refractivity contribution < 1.29 is 0 Å². The number of fused-ring (bicyclic) bond motifs is 6. The third kappa shape index (κ3) is 1.93. The monoisotopic (exact) mass is 340 g/mol. The Bertz CT molecular complexity index is 1180. The summed E-state index contributed by atoms with van der Waals surface area (Å²) in [4.78, 5) is 7.51. The fourth-order valence-corrected chi connectivity index (χ4v) is 4.65. The van der Waals surface area contributed by atoms with Crippen LogP contribution in [-0.4, -0.2) is 9.97 Å². The first-order valence-corrected chi connectivity index (χ1v) is 9.54. The van der Waals surface area contributed by atoms with E-state index >= 15 is 0 Å². The van der Waals surface area contributed by atoms with Crippen molar-refractivity contribution >= 4 is 43.6 Å². The van der Waals surface area contributed by atoms with E-state index in [1.54, 1.807) is 0 Å². The molecule has 0 aliphatic heterocycles. The molecule has 0 bridgehead atoms. The number of para-hydroxylation sites is 2. The van der Waals surface area contributed by atoms with E-state index in [0.717, 1.165) is 0 Å². The Morgan fingerprint density at radius 1 is 0.577 bits per heavy atom. The molecule has 5 rings (SSSR count). The number of rotatable bonds is 2. The number of aromatic amines is 2. The molecule has 0 unspecified atom stereocenters. The molecule has 3 aromatic carbocycles. The average Bonchev–Trinajstić information content (AvgIpc) is 3.17. The second-order valence-electron chi connectivity index (χ2n) is 7.98. The molecule has 26 heavy (non-hydrogen) atoms. The molecule has 0 aliphatic carbocycles. The highest BCUT2D eigenvalue weighted by Crippen LogP contribution is 2.44. The quantitative estimate of drug-likeness (QED) is 0.340. The van der Waals surface area contributed by atoms with Gasteiger partial charge in [-0.2, -0.15) is 0 Å². The number of aromatic nitrogens is 2. The third-order valence-electron chi connectivity index (χ3n) is 5.64. The summed E-state index contributed by atoms with van der Waals surface area (Å²) in [5.74, 6) is 0.877. The molecule has 0 radical (unpaired) electrons. The highest BCUT2D eigenvalue weighted by molar-refractivity contribution is 6.22. The topological polar surface area (TPSA) is 31.6 Å². The van der Waals surface area contributed by atoms with Gasteiger partial charge in [-0.1, -0.05) is 64.1 Å². The lowest BCUT2D eigenvalue weighted by Crippen LogP contribution is -1.97. The first-order valence-electron chi connectivity index (χ1n) is 9.54. The zero-order valence-corrected chi connectivity index (χ0v) is 15.8. The number of hydrogen-bond acceptors (Lipinski definition) is 0. The van der Waals surface area contributed by atoms with Gasteiger partial charge in [-0.05, 0) is 35.1 Å². The summed E-state index contributed by atoms with van der Waals surface area (Å²) in [6, 6.07) is 17.4. The van der Waals surface area contributed by atoms with Crippen molar-refractivity contribution in [3.63, 3.8) is 0 Å². The van der Waals surface area contributed by atoms with Crippen LogP contribution in [0, 0.1) is 0 Å². The van der Waals surface area contributed by atoms with Crippen molar-refractivity contribution in [3.8, 4) is 0 Å². The molecular weight excluding hydrogens is 316 g/mol. The highest BCUT2D eigenvalue weighted by Gasteiger charge is 2.23. The van der Waals surface area contributed by atoms with Crippen LogP contribution < -0.4 is 0 Å². The maximum absolute atomic E-state index is 3.76. The summed E-state index contributed by atoms with van der Waals surface area (Å²) in [7, 11) is 0. The fraction of sp³-hybridized carbons (Fsp3) is 0.250. The summed E-state index contributed by atoms with van der Waals surface area (Å²) < 4.78 is 0. The Labute approximate surface area is 153 Å². The van der Waals surface area contributed by atoms with Crippen molar-refractivity contribution in [2.75, 3.05) is 0 Å². The van der Waals surface area contributed by atoms with E-state index < -0.39 is 0 Å². The molecule has 2 heterocycles. The molecule has 0 saturated heterocycles. The molecule has 2 heteroatoms. The fourth-order valence-electron chi connectivity index (χ4n) is 4.65. The number of H-pyrrole nitrogens is 2. The summed E-state index contributed by atoms with van der Waals surface area (Å²) in [6.07, 6.45) is 0. The zero-order chi connectivity index (χ0) is 18.0. The first kappa shape index (κ1) is 15.5. The van der Waals surface area contributed by atoms with Gasteiger partial charge in [0.2, 0.25) is 0 Å². The molecule has 5 aromatic rings. The first-order chi connectivity index (χ1) is 12.6. The molecule has 0 aliphatic rings. The van der Waals surface area contributed by atoms with Crippen molar-refractivity contribution in [1.82, 2.24) is 9.97 Å².